The van der Waals surface area contributed by atoms with Gasteiger partial charge in [0.1, 0.15) is 4.83 Å². The highest BCUT2D eigenvalue weighted by Crippen LogP contribution is 2.17. The monoisotopic (exact) mass is 306 g/mol. The minimum Gasteiger partial charge on any atom is -0.338 e. The average molecular weight is 306 g/mol. The van der Waals surface area contributed by atoms with E-state index in [1.807, 2.05) is 10.3 Å². The van der Waals surface area contributed by atoms with E-state index in [2.05, 4.69) is 4.98 Å². The molecule has 3 rings (SSSR count). The molecule has 1 aliphatic rings. The lowest BCUT2D eigenvalue weighted by molar-refractivity contribution is -0.132. The molecular weight excluding hydrogens is 288 g/mol. The Morgan fingerprint density at radius 2 is 2.38 bits per heavy atom. The summed E-state index contributed by atoms with van der Waals surface area (Å²) < 4.78 is 1.51. The SMILES string of the molecule is NCC1CCCN1C(=O)CCn1cnc2sccc2c1=O. The first-order valence-corrected chi connectivity index (χ1v) is 8.01. The third-order valence-electron chi connectivity index (χ3n) is 3.99. The molecule has 1 unspecified atom stereocenters. The van der Waals surface area contributed by atoms with E-state index in [-0.39, 0.29) is 17.5 Å². The van der Waals surface area contributed by atoms with Crippen LogP contribution in [0.1, 0.15) is 19.3 Å². The van der Waals surface area contributed by atoms with Crippen molar-refractivity contribution < 1.29 is 4.79 Å². The second-order valence-electron chi connectivity index (χ2n) is 5.25. The summed E-state index contributed by atoms with van der Waals surface area (Å²) in [7, 11) is 0. The molecule has 6 nitrogen and oxygen atoms in total. The minimum atomic E-state index is -0.0779. The van der Waals surface area contributed by atoms with Gasteiger partial charge in [-0.2, -0.15) is 0 Å². The second kappa shape index (κ2) is 5.95. The van der Waals surface area contributed by atoms with Crippen LogP contribution in [0, 0.1) is 0 Å². The molecule has 1 saturated heterocycles. The number of nitrogens with two attached hydrogens (primary N) is 1. The van der Waals surface area contributed by atoms with Crippen LogP contribution < -0.4 is 11.3 Å². The summed E-state index contributed by atoms with van der Waals surface area (Å²) in [6.07, 6.45) is 3.83. The first-order valence-electron chi connectivity index (χ1n) is 7.13. The Morgan fingerprint density at radius 3 is 3.19 bits per heavy atom. The van der Waals surface area contributed by atoms with Gasteiger partial charge in [-0.15, -0.1) is 11.3 Å². The molecule has 1 amide bonds. The fourth-order valence-corrected chi connectivity index (χ4v) is 3.54. The first kappa shape index (κ1) is 14.2. The molecule has 0 radical (unpaired) electrons. The lowest BCUT2D eigenvalue weighted by Crippen LogP contribution is -2.40. The van der Waals surface area contributed by atoms with Gasteiger partial charge in [0.15, 0.2) is 0 Å². The largest absolute Gasteiger partial charge is 0.338 e. The van der Waals surface area contributed by atoms with Crippen LogP contribution in [0.5, 0.6) is 0 Å². The normalized spacial score (nSPS) is 18.5. The number of nitrogens with zero attached hydrogens (tertiary/aromatic N) is 3. The highest BCUT2D eigenvalue weighted by molar-refractivity contribution is 7.16. The number of aryl methyl sites for hydroxylation is 1. The molecule has 3 heterocycles. The Morgan fingerprint density at radius 1 is 1.52 bits per heavy atom. The zero-order valence-corrected chi connectivity index (χ0v) is 12.5. The van der Waals surface area contributed by atoms with Gasteiger partial charge in [-0.1, -0.05) is 0 Å². The summed E-state index contributed by atoms with van der Waals surface area (Å²) in [5, 5.41) is 2.47. The minimum absolute atomic E-state index is 0.0697. The molecular formula is C14H18N4O2S. The van der Waals surface area contributed by atoms with Crippen molar-refractivity contribution in [2.24, 2.45) is 5.73 Å². The van der Waals surface area contributed by atoms with Crippen LogP contribution in [0.25, 0.3) is 10.2 Å². The van der Waals surface area contributed by atoms with Crippen molar-refractivity contribution in [2.75, 3.05) is 13.1 Å². The Labute approximate surface area is 126 Å². The number of hydrogen-bond donors (Lipinski definition) is 1. The molecule has 112 valence electrons. The van der Waals surface area contributed by atoms with Gasteiger partial charge in [0.2, 0.25) is 5.91 Å². The van der Waals surface area contributed by atoms with Gasteiger partial charge < -0.3 is 10.6 Å². The number of aromatic nitrogens is 2. The molecule has 2 aromatic heterocycles. The summed E-state index contributed by atoms with van der Waals surface area (Å²) in [4.78, 5) is 31.3. The van der Waals surface area contributed by atoms with E-state index in [0.29, 0.717) is 24.9 Å². The lowest BCUT2D eigenvalue weighted by atomic mass is 10.2. The predicted molar refractivity (Wildman–Crippen MR) is 82.3 cm³/mol. The summed E-state index contributed by atoms with van der Waals surface area (Å²) >= 11 is 1.44. The third kappa shape index (κ3) is 2.71. The maximum absolute atomic E-state index is 12.2. The third-order valence-corrected chi connectivity index (χ3v) is 4.81. The maximum Gasteiger partial charge on any atom is 0.262 e. The van der Waals surface area contributed by atoms with E-state index in [9.17, 15) is 9.59 Å². The van der Waals surface area contributed by atoms with Crippen molar-refractivity contribution in [1.82, 2.24) is 14.5 Å². The molecule has 1 fully saturated rings. The van der Waals surface area contributed by atoms with Crippen LogP contribution in [0.15, 0.2) is 22.6 Å². The smallest absolute Gasteiger partial charge is 0.262 e. The molecule has 1 atom stereocenters. The number of hydrogen-bond acceptors (Lipinski definition) is 5. The van der Waals surface area contributed by atoms with Crippen molar-refractivity contribution in [3.63, 3.8) is 0 Å². The zero-order chi connectivity index (χ0) is 14.8. The predicted octanol–water partition coefficient (Wildman–Crippen LogP) is 0.798. The van der Waals surface area contributed by atoms with Gasteiger partial charge in [-0.25, -0.2) is 4.98 Å². The second-order valence-corrected chi connectivity index (χ2v) is 6.15. The first-order chi connectivity index (χ1) is 10.2. The van der Waals surface area contributed by atoms with E-state index in [1.165, 1.54) is 22.2 Å². The summed E-state index contributed by atoms with van der Waals surface area (Å²) in [5.41, 5.74) is 5.61. The quantitative estimate of drug-likeness (QED) is 0.906. The lowest BCUT2D eigenvalue weighted by Gasteiger charge is -2.23. The van der Waals surface area contributed by atoms with Crippen LogP contribution in [-0.4, -0.2) is 39.5 Å². The highest BCUT2D eigenvalue weighted by Gasteiger charge is 2.27. The molecule has 0 spiro atoms. The van der Waals surface area contributed by atoms with Gasteiger partial charge in [0.05, 0.1) is 11.7 Å². The molecule has 0 bridgehead atoms. The van der Waals surface area contributed by atoms with Crippen molar-refractivity contribution in [1.29, 1.82) is 0 Å². The number of carbonyl (C=O) groups excluding carboxylic acids is 1. The van der Waals surface area contributed by atoms with Crippen molar-refractivity contribution in [3.05, 3.63) is 28.1 Å². The van der Waals surface area contributed by atoms with Gasteiger partial charge in [-0.05, 0) is 24.3 Å². The number of amides is 1. The molecule has 1 aliphatic heterocycles. The molecule has 0 saturated carbocycles. The van der Waals surface area contributed by atoms with Gasteiger partial charge in [-0.3, -0.25) is 14.2 Å². The van der Waals surface area contributed by atoms with Crippen LogP contribution in [0.4, 0.5) is 0 Å². The van der Waals surface area contributed by atoms with Crippen LogP contribution in [0.3, 0.4) is 0 Å². The van der Waals surface area contributed by atoms with Crippen molar-refractivity contribution >= 4 is 27.5 Å². The standard InChI is InChI=1S/C14H18N4O2S/c15-8-10-2-1-5-18(10)12(19)3-6-17-9-16-13-11(14(17)20)4-7-21-13/h4,7,9-10H,1-3,5-6,8,15H2. The van der Waals surface area contributed by atoms with E-state index >= 15 is 0 Å². The maximum atomic E-state index is 12.2. The molecule has 7 heteroatoms. The van der Waals surface area contributed by atoms with Crippen molar-refractivity contribution in [3.8, 4) is 0 Å². The fourth-order valence-electron chi connectivity index (χ4n) is 2.82. The summed E-state index contributed by atoms with van der Waals surface area (Å²) in [6, 6.07) is 1.94. The van der Waals surface area contributed by atoms with Gasteiger partial charge in [0.25, 0.3) is 5.56 Å². The molecule has 2 N–H and O–H groups in total. The zero-order valence-electron chi connectivity index (χ0n) is 11.7. The Kier molecular flexibility index (Phi) is 4.03. The van der Waals surface area contributed by atoms with E-state index in [4.69, 9.17) is 5.73 Å². The van der Waals surface area contributed by atoms with Crippen molar-refractivity contribution in [2.45, 2.75) is 31.8 Å². The number of fused-ring (bicyclic) bond motifs is 1. The Balaban J connectivity index is 1.70. The van der Waals surface area contributed by atoms with Crippen LogP contribution in [0.2, 0.25) is 0 Å². The topological polar surface area (TPSA) is 81.2 Å². The fraction of sp³-hybridized carbons (Fsp3) is 0.500. The van der Waals surface area contributed by atoms with Crippen LogP contribution in [-0.2, 0) is 11.3 Å². The highest BCUT2D eigenvalue weighted by atomic mass is 32.1. The number of rotatable bonds is 4. The van der Waals surface area contributed by atoms with Gasteiger partial charge >= 0.3 is 0 Å². The van der Waals surface area contributed by atoms with Gasteiger partial charge in [0, 0.05) is 32.1 Å². The molecule has 21 heavy (non-hydrogen) atoms. The Hall–Kier alpha value is -1.73. The average Bonchev–Trinajstić information content (AvgIpc) is 3.15. The summed E-state index contributed by atoms with van der Waals surface area (Å²) in [5.74, 6) is 0.0697. The van der Waals surface area contributed by atoms with E-state index in [1.54, 1.807) is 6.07 Å². The van der Waals surface area contributed by atoms with E-state index < -0.39 is 0 Å². The van der Waals surface area contributed by atoms with E-state index in [0.717, 1.165) is 24.2 Å². The number of thiophene rings is 1. The summed E-state index contributed by atoms with van der Waals surface area (Å²) in [6.45, 7) is 1.65. The Bertz CT molecular complexity index is 708. The molecule has 0 aliphatic carbocycles. The molecule has 0 aromatic carbocycles. The number of likely N-dealkylation sites (tertiary alicyclic amines) is 1. The van der Waals surface area contributed by atoms with Crippen LogP contribution >= 0.6 is 11.3 Å². The number of carbonyl (C=O) groups is 1. The molecule has 2 aromatic rings.